The van der Waals surface area contributed by atoms with Gasteiger partial charge in [-0.25, -0.2) is 0 Å². The van der Waals surface area contributed by atoms with Gasteiger partial charge in [0.05, 0.1) is 11.2 Å². The van der Waals surface area contributed by atoms with Gasteiger partial charge < -0.3 is 5.73 Å². The zero-order valence-corrected chi connectivity index (χ0v) is 10.8. The van der Waals surface area contributed by atoms with Crippen molar-refractivity contribution < 1.29 is 4.79 Å². The Kier molecular flexibility index (Phi) is 3.54. The molecule has 0 aliphatic heterocycles. The summed E-state index contributed by atoms with van der Waals surface area (Å²) in [4.78, 5) is 12.2. The van der Waals surface area contributed by atoms with E-state index in [-0.39, 0.29) is 11.3 Å². The number of nitrogens with zero attached hydrogens (tertiary/aromatic N) is 2. The van der Waals surface area contributed by atoms with E-state index in [4.69, 9.17) is 17.3 Å². The van der Waals surface area contributed by atoms with Gasteiger partial charge in [0.2, 0.25) is 0 Å². The van der Waals surface area contributed by atoms with Crippen molar-refractivity contribution in [3.63, 3.8) is 0 Å². The molecule has 1 heterocycles. The third-order valence-corrected chi connectivity index (χ3v) is 3.75. The molecule has 0 aromatic carbocycles. The van der Waals surface area contributed by atoms with Crippen molar-refractivity contribution in [3.8, 4) is 0 Å². The second-order valence-electron chi connectivity index (χ2n) is 4.83. The Morgan fingerprint density at radius 3 is 2.82 bits per heavy atom. The number of ketones is 1. The number of carbonyl (C=O) groups excluding carboxylic acids is 1. The Morgan fingerprint density at radius 2 is 2.24 bits per heavy atom. The molecule has 0 bridgehead atoms. The third kappa shape index (κ3) is 2.53. The molecule has 0 amide bonds. The molecule has 17 heavy (non-hydrogen) atoms. The monoisotopic (exact) mass is 255 g/mol. The molecule has 5 heteroatoms. The van der Waals surface area contributed by atoms with E-state index in [0.717, 1.165) is 25.7 Å². The summed E-state index contributed by atoms with van der Waals surface area (Å²) in [5, 5.41) is 4.50. The summed E-state index contributed by atoms with van der Waals surface area (Å²) in [7, 11) is 0. The Morgan fingerprint density at radius 1 is 1.59 bits per heavy atom. The normalized spacial score (nSPS) is 18.5. The summed E-state index contributed by atoms with van der Waals surface area (Å²) in [6, 6.07) is 0. The second-order valence-corrected chi connectivity index (χ2v) is 5.23. The number of halogens is 1. The van der Waals surface area contributed by atoms with Gasteiger partial charge in [0.15, 0.2) is 5.78 Å². The van der Waals surface area contributed by atoms with Crippen LogP contribution in [0.1, 0.15) is 49.5 Å². The van der Waals surface area contributed by atoms with Crippen molar-refractivity contribution in [2.75, 3.05) is 0 Å². The fourth-order valence-corrected chi connectivity index (χ4v) is 2.79. The molecule has 94 valence electrons. The maximum absolute atomic E-state index is 12.2. The van der Waals surface area contributed by atoms with Crippen LogP contribution in [-0.4, -0.2) is 21.1 Å². The zero-order valence-electron chi connectivity index (χ0n) is 10.1. The summed E-state index contributed by atoms with van der Waals surface area (Å²) in [5.74, 6) is 0.0127. The average Bonchev–Trinajstić information content (AvgIpc) is 2.84. The van der Waals surface area contributed by atoms with Crippen LogP contribution in [0.25, 0.3) is 0 Å². The summed E-state index contributed by atoms with van der Waals surface area (Å²) in [6.45, 7) is 2.58. The Balaban J connectivity index is 2.16. The van der Waals surface area contributed by atoms with Crippen LogP contribution in [0.2, 0.25) is 5.02 Å². The predicted molar refractivity (Wildman–Crippen MR) is 67.2 cm³/mol. The molecule has 0 atom stereocenters. The number of rotatable bonds is 4. The van der Waals surface area contributed by atoms with E-state index >= 15 is 0 Å². The van der Waals surface area contributed by atoms with Crippen molar-refractivity contribution in [1.82, 2.24) is 9.78 Å². The molecule has 1 aromatic heterocycles. The molecular weight excluding hydrogens is 238 g/mol. The van der Waals surface area contributed by atoms with Gasteiger partial charge in [-0.05, 0) is 19.8 Å². The van der Waals surface area contributed by atoms with Gasteiger partial charge in [-0.15, -0.1) is 0 Å². The van der Waals surface area contributed by atoms with E-state index in [0.29, 0.717) is 23.7 Å². The molecule has 1 aromatic rings. The van der Waals surface area contributed by atoms with E-state index < -0.39 is 0 Å². The van der Waals surface area contributed by atoms with Crippen molar-refractivity contribution in [2.45, 2.75) is 51.1 Å². The van der Waals surface area contributed by atoms with Crippen LogP contribution in [0.5, 0.6) is 0 Å². The Bertz CT molecular complexity index is 421. The number of Topliss-reactive ketones (excluding diaryl/α,β-unsaturated/α-hetero) is 1. The van der Waals surface area contributed by atoms with Crippen molar-refractivity contribution in [3.05, 3.63) is 16.9 Å². The minimum atomic E-state index is -0.330. The van der Waals surface area contributed by atoms with E-state index in [1.54, 1.807) is 4.68 Å². The minimum Gasteiger partial charge on any atom is -0.325 e. The minimum absolute atomic E-state index is 0.0127. The summed E-state index contributed by atoms with van der Waals surface area (Å²) < 4.78 is 1.64. The summed E-state index contributed by atoms with van der Waals surface area (Å²) in [6.07, 6.45) is 5.98. The first-order chi connectivity index (χ1) is 8.06. The summed E-state index contributed by atoms with van der Waals surface area (Å²) >= 11 is 6.00. The second kappa shape index (κ2) is 4.78. The van der Waals surface area contributed by atoms with Gasteiger partial charge in [-0.3, -0.25) is 9.48 Å². The topological polar surface area (TPSA) is 60.9 Å². The van der Waals surface area contributed by atoms with E-state index in [2.05, 4.69) is 5.10 Å². The molecule has 4 nitrogen and oxygen atoms in total. The average molecular weight is 256 g/mol. The van der Waals surface area contributed by atoms with Gasteiger partial charge in [0.25, 0.3) is 0 Å². The first-order valence-corrected chi connectivity index (χ1v) is 6.47. The molecule has 1 fully saturated rings. The third-order valence-electron chi connectivity index (χ3n) is 3.47. The molecule has 0 saturated heterocycles. The van der Waals surface area contributed by atoms with Crippen LogP contribution in [0.3, 0.4) is 0 Å². The Labute approximate surface area is 106 Å². The fraction of sp³-hybridized carbons (Fsp3) is 0.667. The van der Waals surface area contributed by atoms with Gasteiger partial charge in [0, 0.05) is 18.5 Å². The lowest BCUT2D eigenvalue weighted by atomic mass is 9.91. The van der Waals surface area contributed by atoms with Crippen LogP contribution in [0, 0.1) is 0 Å². The Hall–Kier alpha value is -0.870. The van der Waals surface area contributed by atoms with Gasteiger partial charge in [-0.2, -0.15) is 5.10 Å². The van der Waals surface area contributed by atoms with Gasteiger partial charge in [0.1, 0.15) is 5.69 Å². The molecular formula is C12H18ClN3O. The number of aryl methyl sites for hydroxylation is 1. The lowest BCUT2D eigenvalue weighted by molar-refractivity contribution is 0.0942. The highest BCUT2D eigenvalue weighted by Gasteiger charge is 2.33. The number of nitrogens with two attached hydrogens (primary N) is 1. The van der Waals surface area contributed by atoms with Crippen LogP contribution in [-0.2, 0) is 6.54 Å². The predicted octanol–water partition coefficient (Wildman–Crippen LogP) is 2.40. The van der Waals surface area contributed by atoms with Crippen molar-refractivity contribution >= 4 is 17.4 Å². The number of hydrogen-bond donors (Lipinski definition) is 1. The smallest absolute Gasteiger partial charge is 0.184 e. The van der Waals surface area contributed by atoms with Crippen LogP contribution < -0.4 is 5.73 Å². The summed E-state index contributed by atoms with van der Waals surface area (Å²) in [5.41, 5.74) is 6.39. The SMILES string of the molecule is CCn1ncc(Cl)c1C(=O)CC1(N)CCCC1. The molecule has 1 saturated carbocycles. The molecule has 0 radical (unpaired) electrons. The van der Waals surface area contributed by atoms with Crippen LogP contribution in [0.4, 0.5) is 0 Å². The molecule has 2 N–H and O–H groups in total. The standard InChI is InChI=1S/C12H18ClN3O/c1-2-16-11(9(13)8-15-16)10(17)7-12(14)5-3-4-6-12/h8H,2-7,14H2,1H3. The molecule has 0 spiro atoms. The molecule has 2 rings (SSSR count). The highest BCUT2D eigenvalue weighted by Crippen LogP contribution is 2.32. The molecule has 1 aliphatic rings. The van der Waals surface area contributed by atoms with Gasteiger partial charge >= 0.3 is 0 Å². The maximum atomic E-state index is 12.2. The highest BCUT2D eigenvalue weighted by atomic mass is 35.5. The van der Waals surface area contributed by atoms with Crippen LogP contribution >= 0.6 is 11.6 Å². The fourth-order valence-electron chi connectivity index (χ4n) is 2.54. The van der Waals surface area contributed by atoms with E-state index in [1.165, 1.54) is 6.20 Å². The van der Waals surface area contributed by atoms with E-state index in [1.807, 2.05) is 6.92 Å². The van der Waals surface area contributed by atoms with Crippen LogP contribution in [0.15, 0.2) is 6.20 Å². The zero-order chi connectivity index (χ0) is 12.5. The highest BCUT2D eigenvalue weighted by molar-refractivity contribution is 6.33. The number of aromatic nitrogens is 2. The molecule has 0 unspecified atom stereocenters. The van der Waals surface area contributed by atoms with Crippen molar-refractivity contribution in [1.29, 1.82) is 0 Å². The first-order valence-electron chi connectivity index (χ1n) is 6.09. The molecule has 1 aliphatic carbocycles. The van der Waals surface area contributed by atoms with E-state index in [9.17, 15) is 4.79 Å². The van der Waals surface area contributed by atoms with Crippen molar-refractivity contribution in [2.24, 2.45) is 5.73 Å². The van der Waals surface area contributed by atoms with Gasteiger partial charge in [-0.1, -0.05) is 24.4 Å². The lowest BCUT2D eigenvalue weighted by Crippen LogP contribution is -2.39. The number of carbonyl (C=O) groups is 1. The maximum Gasteiger partial charge on any atom is 0.184 e. The number of hydrogen-bond acceptors (Lipinski definition) is 3. The quantitative estimate of drug-likeness (QED) is 0.841. The lowest BCUT2D eigenvalue weighted by Gasteiger charge is -2.22. The first kappa shape index (κ1) is 12.6. The largest absolute Gasteiger partial charge is 0.325 e.